The van der Waals surface area contributed by atoms with Crippen molar-refractivity contribution in [3.05, 3.63) is 29.8 Å². The van der Waals surface area contributed by atoms with Crippen molar-refractivity contribution in [3.8, 4) is 5.75 Å². The molecule has 2 aromatic rings. The van der Waals surface area contributed by atoms with Crippen molar-refractivity contribution in [2.24, 2.45) is 0 Å². The first-order valence-corrected chi connectivity index (χ1v) is 5.97. The van der Waals surface area contributed by atoms with E-state index in [0.717, 1.165) is 24.3 Å². The molecule has 0 aliphatic rings. The van der Waals surface area contributed by atoms with Gasteiger partial charge in [0.1, 0.15) is 5.75 Å². The number of benzene rings is 1. The molecule has 0 unspecified atom stereocenters. The zero-order chi connectivity index (χ0) is 12.8. The first kappa shape index (κ1) is 12.3. The van der Waals surface area contributed by atoms with E-state index in [2.05, 4.69) is 27.8 Å². The largest absolute Gasteiger partial charge is 0.496 e. The van der Waals surface area contributed by atoms with E-state index < -0.39 is 0 Å². The number of ether oxygens (including phenoxy) is 1. The van der Waals surface area contributed by atoms with Crippen LogP contribution < -0.4 is 10.1 Å². The van der Waals surface area contributed by atoms with Gasteiger partial charge in [-0.1, -0.05) is 30.2 Å². The number of hydrogen-bond donors (Lipinski definition) is 1. The summed E-state index contributed by atoms with van der Waals surface area (Å²) in [7, 11) is 1.67. The maximum absolute atomic E-state index is 5.29. The van der Waals surface area contributed by atoms with E-state index in [0.29, 0.717) is 12.5 Å². The Labute approximate surface area is 106 Å². The Morgan fingerprint density at radius 3 is 2.94 bits per heavy atom. The van der Waals surface area contributed by atoms with E-state index >= 15 is 0 Å². The van der Waals surface area contributed by atoms with Gasteiger partial charge in [-0.25, -0.2) is 4.68 Å². The van der Waals surface area contributed by atoms with Gasteiger partial charge in [0.05, 0.1) is 7.11 Å². The Bertz CT molecular complexity index is 497. The van der Waals surface area contributed by atoms with Crippen LogP contribution in [0.1, 0.15) is 18.9 Å². The molecule has 6 heteroatoms. The molecule has 0 spiro atoms. The van der Waals surface area contributed by atoms with Crippen molar-refractivity contribution in [3.63, 3.8) is 0 Å². The molecule has 18 heavy (non-hydrogen) atoms. The van der Waals surface area contributed by atoms with Crippen LogP contribution in [0.15, 0.2) is 24.3 Å². The molecule has 0 bridgehead atoms. The van der Waals surface area contributed by atoms with E-state index in [1.54, 1.807) is 11.8 Å². The predicted octanol–water partition coefficient (Wildman–Crippen LogP) is 1.70. The minimum atomic E-state index is 0.633. The number of rotatable bonds is 6. The second-order valence-electron chi connectivity index (χ2n) is 3.89. The number of aromatic nitrogens is 4. The maximum Gasteiger partial charge on any atom is 0.243 e. The third-order valence-electron chi connectivity index (χ3n) is 2.60. The van der Waals surface area contributed by atoms with Crippen LogP contribution >= 0.6 is 0 Å². The molecule has 0 saturated heterocycles. The standard InChI is InChI=1S/C12H17N5O/c1-3-8-17-12(14-15-16-17)13-9-10-6-4-5-7-11(10)18-2/h4-7H,3,8-9H2,1-2H3,(H,13,14,16). The Kier molecular flexibility index (Phi) is 4.11. The molecule has 0 radical (unpaired) electrons. The lowest BCUT2D eigenvalue weighted by Gasteiger charge is -2.09. The van der Waals surface area contributed by atoms with Gasteiger partial charge in [0.25, 0.3) is 0 Å². The van der Waals surface area contributed by atoms with Crippen LogP contribution in [0, 0.1) is 0 Å². The van der Waals surface area contributed by atoms with E-state index in [1.807, 2.05) is 24.3 Å². The number of anilines is 1. The molecule has 1 heterocycles. The fraction of sp³-hybridized carbons (Fsp3) is 0.417. The summed E-state index contributed by atoms with van der Waals surface area (Å²) in [6.45, 7) is 3.53. The van der Waals surface area contributed by atoms with Gasteiger partial charge in [-0.15, -0.1) is 0 Å². The first-order chi connectivity index (χ1) is 8.85. The summed E-state index contributed by atoms with van der Waals surface area (Å²) in [6.07, 6.45) is 0.994. The second kappa shape index (κ2) is 6.00. The number of hydrogen-bond acceptors (Lipinski definition) is 5. The van der Waals surface area contributed by atoms with Crippen molar-refractivity contribution in [1.82, 2.24) is 20.2 Å². The molecule has 1 aromatic heterocycles. The van der Waals surface area contributed by atoms with Gasteiger partial charge in [-0.05, 0) is 22.9 Å². The third-order valence-corrected chi connectivity index (χ3v) is 2.60. The first-order valence-electron chi connectivity index (χ1n) is 5.97. The zero-order valence-electron chi connectivity index (χ0n) is 10.6. The zero-order valence-corrected chi connectivity index (χ0v) is 10.6. The van der Waals surface area contributed by atoms with Gasteiger partial charge in [0, 0.05) is 18.7 Å². The summed E-state index contributed by atoms with van der Waals surface area (Å²) < 4.78 is 7.05. The molecule has 0 aliphatic heterocycles. The van der Waals surface area contributed by atoms with Gasteiger partial charge in [0.2, 0.25) is 5.95 Å². The van der Waals surface area contributed by atoms with E-state index in [9.17, 15) is 0 Å². The summed E-state index contributed by atoms with van der Waals surface area (Å²) in [5.41, 5.74) is 1.08. The lowest BCUT2D eigenvalue weighted by Crippen LogP contribution is -2.09. The lowest BCUT2D eigenvalue weighted by molar-refractivity contribution is 0.410. The molecule has 1 aromatic carbocycles. The molecule has 0 amide bonds. The monoisotopic (exact) mass is 247 g/mol. The molecule has 0 aliphatic carbocycles. The van der Waals surface area contributed by atoms with Crippen LogP contribution in [0.3, 0.4) is 0 Å². The molecule has 6 nitrogen and oxygen atoms in total. The fourth-order valence-electron chi connectivity index (χ4n) is 1.72. The van der Waals surface area contributed by atoms with Gasteiger partial charge < -0.3 is 10.1 Å². The average Bonchev–Trinajstić information content (AvgIpc) is 2.84. The van der Waals surface area contributed by atoms with Crippen molar-refractivity contribution >= 4 is 5.95 Å². The van der Waals surface area contributed by atoms with Crippen molar-refractivity contribution < 1.29 is 4.74 Å². The van der Waals surface area contributed by atoms with Crippen LogP contribution in [0.4, 0.5) is 5.95 Å². The van der Waals surface area contributed by atoms with Crippen LogP contribution in [0.2, 0.25) is 0 Å². The van der Waals surface area contributed by atoms with Crippen molar-refractivity contribution in [2.75, 3.05) is 12.4 Å². The Hall–Kier alpha value is -2.11. The summed E-state index contributed by atoms with van der Waals surface area (Å²) in [6, 6.07) is 7.88. The molecule has 96 valence electrons. The van der Waals surface area contributed by atoms with Gasteiger partial charge in [0.15, 0.2) is 0 Å². The van der Waals surface area contributed by atoms with Crippen LogP contribution in [-0.2, 0) is 13.1 Å². The maximum atomic E-state index is 5.29. The van der Waals surface area contributed by atoms with Gasteiger partial charge in [-0.3, -0.25) is 0 Å². The highest BCUT2D eigenvalue weighted by Crippen LogP contribution is 2.18. The Morgan fingerprint density at radius 2 is 2.17 bits per heavy atom. The second-order valence-corrected chi connectivity index (χ2v) is 3.89. The van der Waals surface area contributed by atoms with E-state index in [1.165, 1.54) is 0 Å². The third kappa shape index (κ3) is 2.77. The Morgan fingerprint density at radius 1 is 1.33 bits per heavy atom. The van der Waals surface area contributed by atoms with Crippen LogP contribution in [0.5, 0.6) is 5.75 Å². The number of nitrogens with zero attached hydrogens (tertiary/aromatic N) is 4. The Balaban J connectivity index is 2.04. The lowest BCUT2D eigenvalue weighted by atomic mass is 10.2. The van der Waals surface area contributed by atoms with Gasteiger partial charge in [-0.2, -0.15) is 0 Å². The highest BCUT2D eigenvalue weighted by molar-refractivity contribution is 5.36. The summed E-state index contributed by atoms with van der Waals surface area (Å²) in [5, 5.41) is 14.8. The molecule has 2 rings (SSSR count). The molecule has 0 saturated carbocycles. The molecule has 0 atom stereocenters. The molecule has 1 N–H and O–H groups in total. The average molecular weight is 247 g/mol. The van der Waals surface area contributed by atoms with Crippen molar-refractivity contribution in [1.29, 1.82) is 0 Å². The predicted molar refractivity (Wildman–Crippen MR) is 68.4 cm³/mol. The van der Waals surface area contributed by atoms with Crippen molar-refractivity contribution in [2.45, 2.75) is 26.4 Å². The molecule has 0 fully saturated rings. The minimum Gasteiger partial charge on any atom is -0.496 e. The highest BCUT2D eigenvalue weighted by Gasteiger charge is 2.06. The van der Waals surface area contributed by atoms with Gasteiger partial charge >= 0.3 is 0 Å². The summed E-state index contributed by atoms with van der Waals surface area (Å²) in [4.78, 5) is 0. The smallest absolute Gasteiger partial charge is 0.243 e. The highest BCUT2D eigenvalue weighted by atomic mass is 16.5. The summed E-state index contributed by atoms with van der Waals surface area (Å²) >= 11 is 0. The number of nitrogens with one attached hydrogen (secondary N) is 1. The topological polar surface area (TPSA) is 64.9 Å². The number of para-hydroxylation sites is 1. The minimum absolute atomic E-state index is 0.633. The molecular weight excluding hydrogens is 230 g/mol. The van der Waals surface area contributed by atoms with Crippen LogP contribution in [-0.4, -0.2) is 27.3 Å². The number of tetrazole rings is 1. The fourth-order valence-corrected chi connectivity index (χ4v) is 1.72. The van der Waals surface area contributed by atoms with E-state index in [4.69, 9.17) is 4.74 Å². The number of aryl methyl sites for hydroxylation is 1. The SMILES string of the molecule is CCCn1nnnc1NCc1ccccc1OC. The normalized spacial score (nSPS) is 10.3. The summed E-state index contributed by atoms with van der Waals surface area (Å²) in [5.74, 6) is 1.54. The number of methoxy groups -OCH3 is 1. The molecular formula is C12H17N5O. The quantitative estimate of drug-likeness (QED) is 0.841. The van der Waals surface area contributed by atoms with E-state index in [-0.39, 0.29) is 0 Å². The van der Waals surface area contributed by atoms with Crippen LogP contribution in [0.25, 0.3) is 0 Å².